The molecule has 5 nitrogen and oxygen atoms in total. The van der Waals surface area contributed by atoms with Gasteiger partial charge in [0.2, 0.25) is 0 Å². The first-order chi connectivity index (χ1) is 8.22. The molecule has 0 saturated carbocycles. The second-order valence-electron chi connectivity index (χ2n) is 3.56. The number of aryl methyl sites for hydroxylation is 1. The van der Waals surface area contributed by atoms with Gasteiger partial charge in [-0.2, -0.15) is 5.10 Å². The number of hydrogen-bond acceptors (Lipinski definition) is 4. The molecule has 0 bridgehead atoms. The minimum absolute atomic E-state index is 0.356. The fourth-order valence-corrected chi connectivity index (χ4v) is 1.50. The van der Waals surface area contributed by atoms with Crippen LogP contribution in [0.15, 0.2) is 30.9 Å². The van der Waals surface area contributed by atoms with E-state index in [9.17, 15) is 4.79 Å². The Balaban J connectivity index is 2.30. The van der Waals surface area contributed by atoms with Crippen molar-refractivity contribution >= 4 is 5.97 Å². The van der Waals surface area contributed by atoms with E-state index in [2.05, 4.69) is 10.1 Å². The minimum Gasteiger partial charge on any atom is -0.462 e. The first kappa shape index (κ1) is 11.3. The van der Waals surface area contributed by atoms with Crippen LogP contribution in [0.4, 0.5) is 0 Å². The third-order valence-corrected chi connectivity index (χ3v) is 2.33. The van der Waals surface area contributed by atoms with Gasteiger partial charge in [0.05, 0.1) is 24.1 Å². The number of carbonyl (C=O) groups excluding carboxylic acids is 1. The fraction of sp³-hybridized carbons (Fsp3) is 0.250. The topological polar surface area (TPSA) is 57.0 Å². The Labute approximate surface area is 99.1 Å². The Morgan fingerprint density at radius 3 is 3.00 bits per heavy atom. The zero-order valence-corrected chi connectivity index (χ0v) is 9.75. The van der Waals surface area contributed by atoms with Crippen molar-refractivity contribution in [3.8, 4) is 5.69 Å². The molecule has 0 radical (unpaired) electrons. The summed E-state index contributed by atoms with van der Waals surface area (Å²) in [5.41, 5.74) is 2.34. The molecule has 2 aromatic heterocycles. The number of ether oxygens (including phenoxy) is 1. The highest BCUT2D eigenvalue weighted by Crippen LogP contribution is 2.12. The molecule has 2 heterocycles. The molecular formula is C12H13N3O2. The van der Waals surface area contributed by atoms with Crippen molar-refractivity contribution in [1.82, 2.24) is 14.8 Å². The van der Waals surface area contributed by atoms with Crippen LogP contribution in [0.1, 0.15) is 22.8 Å². The molecule has 0 aliphatic carbocycles. The van der Waals surface area contributed by atoms with Crippen LogP contribution in [0.3, 0.4) is 0 Å². The number of nitrogens with zero attached hydrogens (tertiary/aromatic N) is 3. The number of pyridine rings is 1. The normalized spacial score (nSPS) is 10.2. The van der Waals surface area contributed by atoms with Crippen LogP contribution in [-0.4, -0.2) is 27.3 Å². The molecule has 0 spiro atoms. The Hall–Kier alpha value is -2.17. The van der Waals surface area contributed by atoms with Crippen LogP contribution in [0.25, 0.3) is 5.69 Å². The van der Waals surface area contributed by atoms with Gasteiger partial charge < -0.3 is 4.74 Å². The molecule has 88 valence electrons. The van der Waals surface area contributed by atoms with E-state index >= 15 is 0 Å². The quantitative estimate of drug-likeness (QED) is 0.755. The average molecular weight is 231 g/mol. The number of hydrogen-bond donors (Lipinski definition) is 0. The van der Waals surface area contributed by atoms with Crippen LogP contribution in [0.5, 0.6) is 0 Å². The summed E-state index contributed by atoms with van der Waals surface area (Å²) in [7, 11) is 0. The zero-order chi connectivity index (χ0) is 12.3. The summed E-state index contributed by atoms with van der Waals surface area (Å²) in [5.74, 6) is -0.356. The predicted molar refractivity (Wildman–Crippen MR) is 62.1 cm³/mol. The molecule has 0 aliphatic heterocycles. The van der Waals surface area contributed by atoms with Gasteiger partial charge in [0.1, 0.15) is 0 Å². The summed E-state index contributed by atoms with van der Waals surface area (Å²) in [6.45, 7) is 4.07. The molecule has 17 heavy (non-hydrogen) atoms. The molecule has 2 aromatic rings. The highest BCUT2D eigenvalue weighted by molar-refractivity contribution is 5.88. The summed E-state index contributed by atoms with van der Waals surface area (Å²) < 4.78 is 6.54. The lowest BCUT2D eigenvalue weighted by Crippen LogP contribution is -2.03. The van der Waals surface area contributed by atoms with Crippen molar-refractivity contribution in [3.05, 3.63) is 42.0 Å². The van der Waals surface area contributed by atoms with Crippen molar-refractivity contribution in [2.45, 2.75) is 13.8 Å². The third kappa shape index (κ3) is 2.33. The van der Waals surface area contributed by atoms with E-state index in [0.717, 1.165) is 11.3 Å². The van der Waals surface area contributed by atoms with Gasteiger partial charge in [-0.1, -0.05) is 0 Å². The molecule has 0 unspecified atom stereocenters. The van der Waals surface area contributed by atoms with Crippen LogP contribution < -0.4 is 0 Å². The molecular weight excluding hydrogens is 218 g/mol. The van der Waals surface area contributed by atoms with Gasteiger partial charge in [0, 0.05) is 18.6 Å². The SMILES string of the molecule is CCOC(=O)c1cnn(-c2ccncc2C)c1. The van der Waals surface area contributed by atoms with E-state index in [-0.39, 0.29) is 5.97 Å². The Bertz CT molecular complexity index is 534. The number of carbonyl (C=O) groups is 1. The largest absolute Gasteiger partial charge is 0.462 e. The van der Waals surface area contributed by atoms with Crippen LogP contribution >= 0.6 is 0 Å². The summed E-state index contributed by atoms with van der Waals surface area (Å²) in [6.07, 6.45) is 6.59. The number of esters is 1. The molecule has 0 N–H and O–H groups in total. The Morgan fingerprint density at radius 1 is 1.47 bits per heavy atom. The molecule has 5 heteroatoms. The molecule has 0 aromatic carbocycles. The third-order valence-electron chi connectivity index (χ3n) is 2.33. The molecule has 0 amide bonds. The fourth-order valence-electron chi connectivity index (χ4n) is 1.50. The number of aromatic nitrogens is 3. The standard InChI is InChI=1S/C12H13N3O2/c1-3-17-12(16)10-7-14-15(8-10)11-4-5-13-6-9(11)2/h4-8H,3H2,1-2H3. The van der Waals surface area contributed by atoms with Gasteiger partial charge in [-0.25, -0.2) is 9.48 Å². The van der Waals surface area contributed by atoms with E-state index in [1.807, 2.05) is 13.0 Å². The maximum atomic E-state index is 11.5. The van der Waals surface area contributed by atoms with Gasteiger partial charge >= 0.3 is 5.97 Å². The van der Waals surface area contributed by atoms with Crippen molar-refractivity contribution in [2.75, 3.05) is 6.61 Å². The molecule has 0 atom stereocenters. The van der Waals surface area contributed by atoms with E-state index < -0.39 is 0 Å². The zero-order valence-electron chi connectivity index (χ0n) is 9.75. The van der Waals surface area contributed by atoms with Crippen LogP contribution in [0, 0.1) is 6.92 Å². The van der Waals surface area contributed by atoms with Crippen molar-refractivity contribution < 1.29 is 9.53 Å². The molecule has 0 aliphatic rings. The molecule has 2 rings (SSSR count). The van der Waals surface area contributed by atoms with Gasteiger partial charge in [-0.05, 0) is 25.5 Å². The molecule has 0 saturated heterocycles. The molecule has 0 fully saturated rings. The van der Waals surface area contributed by atoms with E-state index in [1.54, 1.807) is 30.2 Å². The minimum atomic E-state index is -0.356. The highest BCUT2D eigenvalue weighted by atomic mass is 16.5. The maximum absolute atomic E-state index is 11.5. The van der Waals surface area contributed by atoms with Gasteiger partial charge in [0.15, 0.2) is 0 Å². The monoisotopic (exact) mass is 231 g/mol. The first-order valence-electron chi connectivity index (χ1n) is 5.35. The number of rotatable bonds is 3. The van der Waals surface area contributed by atoms with Gasteiger partial charge in [0.25, 0.3) is 0 Å². The average Bonchev–Trinajstić information content (AvgIpc) is 2.79. The summed E-state index contributed by atoms with van der Waals surface area (Å²) in [4.78, 5) is 15.5. The predicted octanol–water partition coefficient (Wildman–Crippen LogP) is 1.75. The second-order valence-corrected chi connectivity index (χ2v) is 3.56. The summed E-state index contributed by atoms with van der Waals surface area (Å²) >= 11 is 0. The lowest BCUT2D eigenvalue weighted by atomic mass is 10.2. The van der Waals surface area contributed by atoms with Gasteiger partial charge in [-0.15, -0.1) is 0 Å². The first-order valence-corrected chi connectivity index (χ1v) is 5.35. The van der Waals surface area contributed by atoms with E-state index in [1.165, 1.54) is 6.20 Å². The van der Waals surface area contributed by atoms with E-state index in [4.69, 9.17) is 4.74 Å². The van der Waals surface area contributed by atoms with Crippen LogP contribution in [0.2, 0.25) is 0 Å². The highest BCUT2D eigenvalue weighted by Gasteiger charge is 2.10. The van der Waals surface area contributed by atoms with E-state index in [0.29, 0.717) is 12.2 Å². The van der Waals surface area contributed by atoms with Crippen molar-refractivity contribution in [1.29, 1.82) is 0 Å². The van der Waals surface area contributed by atoms with Crippen molar-refractivity contribution in [3.63, 3.8) is 0 Å². The summed E-state index contributed by atoms with van der Waals surface area (Å²) in [5, 5.41) is 4.14. The van der Waals surface area contributed by atoms with Crippen LogP contribution in [-0.2, 0) is 4.74 Å². The second kappa shape index (κ2) is 4.78. The lowest BCUT2D eigenvalue weighted by molar-refractivity contribution is 0.0526. The smallest absolute Gasteiger partial charge is 0.341 e. The Kier molecular flexibility index (Phi) is 3.18. The van der Waals surface area contributed by atoms with Gasteiger partial charge in [-0.3, -0.25) is 4.98 Å². The van der Waals surface area contributed by atoms with Crippen molar-refractivity contribution in [2.24, 2.45) is 0 Å². The Morgan fingerprint density at radius 2 is 2.29 bits per heavy atom. The summed E-state index contributed by atoms with van der Waals surface area (Å²) in [6, 6.07) is 1.84. The maximum Gasteiger partial charge on any atom is 0.341 e. The lowest BCUT2D eigenvalue weighted by Gasteiger charge is -2.03.